The van der Waals surface area contributed by atoms with E-state index in [0.717, 1.165) is 21.8 Å². The Morgan fingerprint density at radius 1 is 1.41 bits per heavy atom. The Bertz CT molecular complexity index is 332. The van der Waals surface area contributed by atoms with E-state index in [9.17, 15) is 0 Å². The first-order valence-corrected chi connectivity index (χ1v) is 8.14. The molecule has 0 bridgehead atoms. The predicted octanol–water partition coefficient (Wildman–Crippen LogP) is 5.50. The summed E-state index contributed by atoms with van der Waals surface area (Å²) >= 11 is 11.4. The van der Waals surface area contributed by atoms with Crippen molar-refractivity contribution < 1.29 is 0 Å². The first kappa shape index (κ1) is 15.5. The third-order valence-electron chi connectivity index (χ3n) is 3.16. The standard InChI is InChI=1S/C13H21BrClNS/c1-5-6-16-12(9(4)8(2)3)11-7-10(15)13(14)17-11/h7-9,12,16H,5-6H2,1-4H3. The second kappa shape index (κ2) is 7.13. The van der Waals surface area contributed by atoms with Crippen molar-refractivity contribution in [2.45, 2.75) is 40.2 Å². The Morgan fingerprint density at radius 2 is 2.06 bits per heavy atom. The first-order valence-electron chi connectivity index (χ1n) is 6.15. The lowest BCUT2D eigenvalue weighted by atomic mass is 9.89. The lowest BCUT2D eigenvalue weighted by Crippen LogP contribution is -2.29. The van der Waals surface area contributed by atoms with Crippen molar-refractivity contribution in [2.75, 3.05) is 6.54 Å². The van der Waals surface area contributed by atoms with Crippen molar-refractivity contribution in [1.82, 2.24) is 5.32 Å². The zero-order valence-electron chi connectivity index (χ0n) is 10.9. The Morgan fingerprint density at radius 3 is 2.47 bits per heavy atom. The molecule has 1 nitrogen and oxygen atoms in total. The molecule has 0 radical (unpaired) electrons. The highest BCUT2D eigenvalue weighted by Gasteiger charge is 2.23. The van der Waals surface area contributed by atoms with Crippen LogP contribution in [0, 0.1) is 11.8 Å². The predicted molar refractivity (Wildman–Crippen MR) is 82.1 cm³/mol. The summed E-state index contributed by atoms with van der Waals surface area (Å²) in [6.07, 6.45) is 1.15. The van der Waals surface area contributed by atoms with Crippen LogP contribution in [0.3, 0.4) is 0 Å². The van der Waals surface area contributed by atoms with E-state index in [1.54, 1.807) is 11.3 Å². The Balaban J connectivity index is 2.88. The molecule has 1 aromatic heterocycles. The van der Waals surface area contributed by atoms with Gasteiger partial charge in [0.25, 0.3) is 0 Å². The molecule has 2 unspecified atom stereocenters. The van der Waals surface area contributed by atoms with E-state index in [-0.39, 0.29) is 0 Å². The summed E-state index contributed by atoms with van der Waals surface area (Å²) in [5, 5.41) is 4.46. The van der Waals surface area contributed by atoms with Crippen LogP contribution in [0.15, 0.2) is 9.85 Å². The van der Waals surface area contributed by atoms with Gasteiger partial charge in [-0.1, -0.05) is 39.3 Å². The molecule has 1 aromatic rings. The van der Waals surface area contributed by atoms with E-state index in [2.05, 4.69) is 55.0 Å². The highest BCUT2D eigenvalue weighted by atomic mass is 79.9. The summed E-state index contributed by atoms with van der Waals surface area (Å²) in [6, 6.07) is 2.49. The average Bonchev–Trinajstić information content (AvgIpc) is 2.59. The van der Waals surface area contributed by atoms with Crippen molar-refractivity contribution >= 4 is 38.9 Å². The van der Waals surface area contributed by atoms with Crippen molar-refractivity contribution in [3.8, 4) is 0 Å². The van der Waals surface area contributed by atoms with Crippen LogP contribution in [-0.2, 0) is 0 Å². The average molecular weight is 339 g/mol. The summed E-state index contributed by atoms with van der Waals surface area (Å²) in [7, 11) is 0. The van der Waals surface area contributed by atoms with Crippen LogP contribution in [-0.4, -0.2) is 6.54 Å². The zero-order valence-corrected chi connectivity index (χ0v) is 14.0. The third kappa shape index (κ3) is 4.23. The molecule has 1 rings (SSSR count). The van der Waals surface area contributed by atoms with Gasteiger partial charge in [0.2, 0.25) is 0 Å². The van der Waals surface area contributed by atoms with Crippen LogP contribution in [0.1, 0.15) is 45.0 Å². The minimum atomic E-state index is 0.406. The van der Waals surface area contributed by atoms with Gasteiger partial charge in [0, 0.05) is 10.9 Å². The van der Waals surface area contributed by atoms with Crippen molar-refractivity contribution in [3.05, 3.63) is 19.8 Å². The monoisotopic (exact) mass is 337 g/mol. The third-order valence-corrected chi connectivity index (χ3v) is 5.72. The molecule has 0 aliphatic carbocycles. The maximum absolute atomic E-state index is 6.13. The number of nitrogens with one attached hydrogen (secondary N) is 1. The molecule has 0 saturated carbocycles. The quantitative estimate of drug-likeness (QED) is 0.722. The minimum absolute atomic E-state index is 0.406. The molecule has 0 spiro atoms. The summed E-state index contributed by atoms with van der Waals surface area (Å²) in [5.41, 5.74) is 0. The number of thiophene rings is 1. The van der Waals surface area contributed by atoms with Gasteiger partial charge >= 0.3 is 0 Å². The second-order valence-corrected chi connectivity index (χ2v) is 7.61. The van der Waals surface area contributed by atoms with Crippen molar-refractivity contribution in [1.29, 1.82) is 0 Å². The number of rotatable bonds is 6. The van der Waals surface area contributed by atoms with E-state index in [4.69, 9.17) is 11.6 Å². The largest absolute Gasteiger partial charge is 0.309 e. The van der Waals surface area contributed by atoms with Gasteiger partial charge in [0.15, 0.2) is 0 Å². The van der Waals surface area contributed by atoms with Crippen LogP contribution < -0.4 is 5.32 Å². The fraction of sp³-hybridized carbons (Fsp3) is 0.692. The fourth-order valence-electron chi connectivity index (χ4n) is 1.75. The maximum atomic E-state index is 6.13. The molecular weight excluding hydrogens is 318 g/mol. The van der Waals surface area contributed by atoms with Gasteiger partial charge in [-0.05, 0) is 46.8 Å². The van der Waals surface area contributed by atoms with Gasteiger partial charge < -0.3 is 5.32 Å². The van der Waals surface area contributed by atoms with Gasteiger partial charge in [-0.2, -0.15) is 0 Å². The molecule has 2 atom stereocenters. The molecule has 1 heterocycles. The molecule has 4 heteroatoms. The van der Waals surface area contributed by atoms with Crippen LogP contribution in [0.2, 0.25) is 5.02 Å². The Hall–Kier alpha value is 0.430. The lowest BCUT2D eigenvalue weighted by molar-refractivity contribution is 0.307. The normalized spacial score (nSPS) is 15.2. The summed E-state index contributed by atoms with van der Waals surface area (Å²) < 4.78 is 1.04. The molecule has 17 heavy (non-hydrogen) atoms. The fourth-order valence-corrected chi connectivity index (χ4v) is 3.69. The van der Waals surface area contributed by atoms with Gasteiger partial charge in [-0.3, -0.25) is 0 Å². The van der Waals surface area contributed by atoms with Crippen LogP contribution in [0.5, 0.6) is 0 Å². The summed E-state index contributed by atoms with van der Waals surface area (Å²) in [5.74, 6) is 1.26. The van der Waals surface area contributed by atoms with E-state index < -0.39 is 0 Å². The van der Waals surface area contributed by atoms with Crippen LogP contribution >= 0.6 is 38.9 Å². The Kier molecular flexibility index (Phi) is 6.49. The molecule has 1 N–H and O–H groups in total. The number of halogens is 2. The molecule has 0 fully saturated rings. The molecule has 0 aromatic carbocycles. The second-order valence-electron chi connectivity index (χ2n) is 4.81. The smallest absolute Gasteiger partial charge is 0.0887 e. The molecule has 0 saturated heterocycles. The molecule has 98 valence electrons. The molecule has 0 aliphatic heterocycles. The van der Waals surface area contributed by atoms with E-state index in [0.29, 0.717) is 17.9 Å². The lowest BCUT2D eigenvalue weighted by Gasteiger charge is -2.27. The van der Waals surface area contributed by atoms with Gasteiger partial charge in [0.05, 0.1) is 8.81 Å². The van der Waals surface area contributed by atoms with Crippen LogP contribution in [0.4, 0.5) is 0 Å². The summed E-state index contributed by atoms with van der Waals surface area (Å²) in [4.78, 5) is 1.33. The van der Waals surface area contributed by atoms with Gasteiger partial charge in [-0.15, -0.1) is 11.3 Å². The van der Waals surface area contributed by atoms with Crippen molar-refractivity contribution in [3.63, 3.8) is 0 Å². The highest BCUT2D eigenvalue weighted by molar-refractivity contribution is 9.11. The van der Waals surface area contributed by atoms with Gasteiger partial charge in [0.1, 0.15) is 0 Å². The Labute approximate surface area is 122 Å². The number of hydrogen-bond acceptors (Lipinski definition) is 2. The van der Waals surface area contributed by atoms with E-state index in [1.807, 2.05) is 0 Å². The van der Waals surface area contributed by atoms with Crippen LogP contribution in [0.25, 0.3) is 0 Å². The van der Waals surface area contributed by atoms with Crippen molar-refractivity contribution in [2.24, 2.45) is 11.8 Å². The maximum Gasteiger partial charge on any atom is 0.0887 e. The topological polar surface area (TPSA) is 12.0 Å². The summed E-state index contributed by atoms with van der Waals surface area (Å²) in [6.45, 7) is 10.1. The SMILES string of the molecule is CCCNC(c1cc(Cl)c(Br)s1)C(C)C(C)C. The molecule has 0 aliphatic rings. The molecular formula is C13H21BrClNS. The van der Waals surface area contributed by atoms with E-state index >= 15 is 0 Å². The first-order chi connectivity index (χ1) is 7.97. The minimum Gasteiger partial charge on any atom is -0.309 e. The highest BCUT2D eigenvalue weighted by Crippen LogP contribution is 2.39. The number of hydrogen-bond donors (Lipinski definition) is 1. The molecule has 0 amide bonds. The van der Waals surface area contributed by atoms with E-state index in [1.165, 1.54) is 4.88 Å². The zero-order chi connectivity index (χ0) is 13.0. The van der Waals surface area contributed by atoms with Gasteiger partial charge in [-0.25, -0.2) is 0 Å².